The van der Waals surface area contributed by atoms with Crippen LogP contribution in [0.3, 0.4) is 0 Å². The molecule has 0 atom stereocenters. The smallest absolute Gasteiger partial charge is 0.270 e. The van der Waals surface area contributed by atoms with E-state index >= 15 is 0 Å². The van der Waals surface area contributed by atoms with Crippen molar-refractivity contribution in [3.63, 3.8) is 0 Å². The molecule has 1 aliphatic rings. The van der Waals surface area contributed by atoms with Gasteiger partial charge in [-0.1, -0.05) is 53.2 Å². The van der Waals surface area contributed by atoms with E-state index in [0.29, 0.717) is 25.0 Å². The molecule has 3 aromatic rings. The SMILES string of the molecule is CN(C)c1ccc(N2C(=O)/C(=C\c3cc(Br)c(OCc4ccc(Cl)cc4Cl)c(Br)c3)SC2=S)cc1. The lowest BCUT2D eigenvalue weighted by atomic mass is 10.2. The molecule has 1 fully saturated rings. The zero-order chi connectivity index (χ0) is 25.3. The standard InChI is InChI=1S/C25H18Br2Cl2N2O2S2/c1-30(2)17-5-7-18(8-6-17)31-24(32)22(35-25(31)34)11-14-9-19(26)23(20(27)10-14)33-13-15-3-4-16(28)12-21(15)29/h3-12H,13H2,1-2H3/b22-11+. The van der Waals surface area contributed by atoms with Crippen LogP contribution in [0.25, 0.3) is 6.08 Å². The fourth-order valence-electron chi connectivity index (χ4n) is 3.33. The number of amides is 1. The molecule has 4 rings (SSSR count). The molecule has 35 heavy (non-hydrogen) atoms. The first-order valence-electron chi connectivity index (χ1n) is 10.2. The number of carbonyl (C=O) groups excluding carboxylic acids is 1. The fourth-order valence-corrected chi connectivity index (χ4v) is 6.54. The van der Waals surface area contributed by atoms with E-state index in [2.05, 4.69) is 31.9 Å². The molecular weight excluding hydrogens is 655 g/mol. The van der Waals surface area contributed by atoms with Crippen LogP contribution in [0.4, 0.5) is 11.4 Å². The summed E-state index contributed by atoms with van der Waals surface area (Å²) in [5.74, 6) is 0.476. The van der Waals surface area contributed by atoms with Gasteiger partial charge in [-0.25, -0.2) is 0 Å². The van der Waals surface area contributed by atoms with Gasteiger partial charge >= 0.3 is 0 Å². The van der Waals surface area contributed by atoms with Gasteiger partial charge in [0.15, 0.2) is 4.32 Å². The Bertz CT molecular complexity index is 1320. The third kappa shape index (κ3) is 6.06. The largest absolute Gasteiger partial charge is 0.486 e. The van der Waals surface area contributed by atoms with E-state index in [1.165, 1.54) is 11.8 Å². The minimum atomic E-state index is -0.150. The van der Waals surface area contributed by atoms with E-state index in [0.717, 1.165) is 31.4 Å². The number of rotatable bonds is 6. The first-order chi connectivity index (χ1) is 16.6. The Hall–Kier alpha value is -1.55. The van der Waals surface area contributed by atoms with Gasteiger partial charge in [0.05, 0.1) is 19.5 Å². The highest BCUT2D eigenvalue weighted by Gasteiger charge is 2.33. The summed E-state index contributed by atoms with van der Waals surface area (Å²) >= 11 is 26.2. The summed E-state index contributed by atoms with van der Waals surface area (Å²) in [4.78, 5) is 17.3. The van der Waals surface area contributed by atoms with Crippen molar-refractivity contribution in [3.05, 3.63) is 89.6 Å². The summed E-state index contributed by atoms with van der Waals surface area (Å²) in [6, 6.07) is 16.8. The summed E-state index contributed by atoms with van der Waals surface area (Å²) in [6.07, 6.45) is 1.82. The van der Waals surface area contributed by atoms with Crippen LogP contribution in [-0.2, 0) is 11.4 Å². The summed E-state index contributed by atoms with van der Waals surface area (Å²) in [5, 5.41) is 1.11. The Balaban J connectivity index is 1.53. The lowest BCUT2D eigenvalue weighted by Gasteiger charge is -2.17. The van der Waals surface area contributed by atoms with Crippen molar-refractivity contribution in [2.24, 2.45) is 0 Å². The van der Waals surface area contributed by atoms with Gasteiger partial charge in [-0.3, -0.25) is 9.69 Å². The predicted molar refractivity (Wildman–Crippen MR) is 159 cm³/mol. The van der Waals surface area contributed by atoms with E-state index in [1.807, 2.05) is 67.5 Å². The average Bonchev–Trinajstić information content (AvgIpc) is 3.07. The molecule has 0 aliphatic carbocycles. The number of anilines is 2. The number of ether oxygens (including phenoxy) is 1. The second kappa shape index (κ2) is 11.2. The summed E-state index contributed by atoms with van der Waals surface area (Å²) in [5.41, 5.74) is 3.43. The molecule has 0 N–H and O–H groups in total. The van der Waals surface area contributed by atoms with Gasteiger partial charge < -0.3 is 9.64 Å². The highest BCUT2D eigenvalue weighted by molar-refractivity contribution is 9.11. The zero-order valence-corrected chi connectivity index (χ0v) is 24.8. The van der Waals surface area contributed by atoms with Crippen LogP contribution in [0, 0.1) is 0 Å². The van der Waals surface area contributed by atoms with Crippen LogP contribution in [-0.4, -0.2) is 24.3 Å². The van der Waals surface area contributed by atoms with Crippen molar-refractivity contribution in [2.75, 3.05) is 23.9 Å². The Kier molecular flexibility index (Phi) is 8.51. The summed E-state index contributed by atoms with van der Waals surface area (Å²) < 4.78 is 7.96. The van der Waals surface area contributed by atoms with Crippen molar-refractivity contribution in [1.82, 2.24) is 0 Å². The van der Waals surface area contributed by atoms with Crippen molar-refractivity contribution in [2.45, 2.75) is 6.61 Å². The Morgan fingerprint density at radius 3 is 2.31 bits per heavy atom. The number of hydrogen-bond acceptors (Lipinski definition) is 5. The molecular formula is C25H18Br2Cl2N2O2S2. The molecule has 0 spiro atoms. The van der Waals surface area contributed by atoms with Crippen LogP contribution in [0.1, 0.15) is 11.1 Å². The van der Waals surface area contributed by atoms with E-state index in [4.69, 9.17) is 40.2 Å². The van der Waals surface area contributed by atoms with Crippen molar-refractivity contribution >= 4 is 107 Å². The van der Waals surface area contributed by atoms with E-state index in [1.54, 1.807) is 17.0 Å². The van der Waals surface area contributed by atoms with Crippen LogP contribution in [0.2, 0.25) is 10.0 Å². The van der Waals surface area contributed by atoms with Gasteiger partial charge in [0.2, 0.25) is 0 Å². The second-order valence-electron chi connectivity index (χ2n) is 7.77. The first kappa shape index (κ1) is 26.5. The third-order valence-corrected chi connectivity index (χ3v) is 8.19. The molecule has 0 unspecified atom stereocenters. The Labute approximate surface area is 240 Å². The van der Waals surface area contributed by atoms with Crippen molar-refractivity contribution in [1.29, 1.82) is 0 Å². The Morgan fingerprint density at radius 2 is 1.71 bits per heavy atom. The number of thioether (sulfide) groups is 1. The van der Waals surface area contributed by atoms with Crippen LogP contribution in [0.5, 0.6) is 5.75 Å². The number of halogens is 4. The lowest BCUT2D eigenvalue weighted by molar-refractivity contribution is -0.113. The minimum Gasteiger partial charge on any atom is -0.486 e. The number of nitrogens with zero attached hydrogens (tertiary/aromatic N) is 2. The van der Waals surface area contributed by atoms with Crippen molar-refractivity contribution in [3.8, 4) is 5.75 Å². The quantitative estimate of drug-likeness (QED) is 0.194. The molecule has 0 radical (unpaired) electrons. The average molecular weight is 673 g/mol. The van der Waals surface area contributed by atoms with Crippen LogP contribution >= 0.6 is 79.0 Å². The number of carbonyl (C=O) groups is 1. The van der Waals surface area contributed by atoms with E-state index < -0.39 is 0 Å². The molecule has 0 saturated carbocycles. The molecule has 10 heteroatoms. The number of benzene rings is 3. The number of hydrogen-bond donors (Lipinski definition) is 0. The van der Waals surface area contributed by atoms with Gasteiger partial charge in [-0.2, -0.15) is 0 Å². The maximum Gasteiger partial charge on any atom is 0.270 e. The molecule has 3 aromatic carbocycles. The van der Waals surface area contributed by atoms with E-state index in [-0.39, 0.29) is 12.5 Å². The fraction of sp³-hybridized carbons (Fsp3) is 0.120. The second-order valence-corrected chi connectivity index (χ2v) is 12.0. The normalized spacial score (nSPS) is 14.7. The van der Waals surface area contributed by atoms with Crippen LogP contribution in [0.15, 0.2) is 68.4 Å². The highest BCUT2D eigenvalue weighted by atomic mass is 79.9. The Morgan fingerprint density at radius 1 is 1.06 bits per heavy atom. The van der Waals surface area contributed by atoms with Gasteiger partial charge in [0.1, 0.15) is 12.4 Å². The molecule has 0 bridgehead atoms. The topological polar surface area (TPSA) is 32.8 Å². The molecule has 1 saturated heterocycles. The summed E-state index contributed by atoms with van der Waals surface area (Å²) in [7, 11) is 3.94. The molecule has 1 heterocycles. The molecule has 0 aromatic heterocycles. The number of thiocarbonyl (C=S) groups is 1. The molecule has 4 nitrogen and oxygen atoms in total. The third-order valence-electron chi connectivity index (χ3n) is 5.12. The van der Waals surface area contributed by atoms with Crippen LogP contribution < -0.4 is 14.5 Å². The van der Waals surface area contributed by atoms with Gasteiger partial charge in [-0.05, 0) is 92.0 Å². The first-order valence-corrected chi connectivity index (χ1v) is 13.8. The predicted octanol–water partition coefficient (Wildman–Crippen LogP) is 8.57. The van der Waals surface area contributed by atoms with E-state index in [9.17, 15) is 4.79 Å². The minimum absolute atomic E-state index is 0.150. The monoisotopic (exact) mass is 670 g/mol. The molecule has 1 amide bonds. The highest BCUT2D eigenvalue weighted by Crippen LogP contribution is 2.40. The maximum absolute atomic E-state index is 13.2. The maximum atomic E-state index is 13.2. The zero-order valence-electron chi connectivity index (χ0n) is 18.5. The van der Waals surface area contributed by atoms with Gasteiger partial charge in [0, 0.05) is 35.4 Å². The van der Waals surface area contributed by atoms with Gasteiger partial charge in [0.25, 0.3) is 5.91 Å². The van der Waals surface area contributed by atoms with Crippen molar-refractivity contribution < 1.29 is 9.53 Å². The lowest BCUT2D eigenvalue weighted by Crippen LogP contribution is -2.27. The summed E-state index contributed by atoms with van der Waals surface area (Å²) in [6.45, 7) is 0.276. The molecule has 180 valence electrons. The van der Waals surface area contributed by atoms with Gasteiger partial charge in [-0.15, -0.1) is 0 Å². The molecule has 1 aliphatic heterocycles.